The number of aromatic nitrogens is 5. The number of hydrogen-bond acceptors (Lipinski definition) is 4. The molecule has 5 aromatic rings. The van der Waals surface area contributed by atoms with Gasteiger partial charge in [-0.25, -0.2) is 0 Å². The van der Waals surface area contributed by atoms with Gasteiger partial charge in [-0.3, -0.25) is 15.1 Å². The van der Waals surface area contributed by atoms with E-state index in [2.05, 4.69) is 74.3 Å². The van der Waals surface area contributed by atoms with E-state index in [0.717, 1.165) is 68.5 Å². The Morgan fingerprint density at radius 1 is 1.00 bits per heavy atom. The Bertz CT molecular complexity index is 1330. The van der Waals surface area contributed by atoms with Gasteiger partial charge in [-0.1, -0.05) is 26.0 Å². The number of allylic oxidation sites excluding steroid dienone is 1. The minimum absolute atomic E-state index is 0.890. The van der Waals surface area contributed by atoms with E-state index in [1.54, 1.807) is 6.20 Å². The van der Waals surface area contributed by atoms with E-state index in [-0.39, 0.29) is 0 Å². The second kappa shape index (κ2) is 7.48. The molecule has 0 unspecified atom stereocenters. The van der Waals surface area contributed by atoms with Gasteiger partial charge in [0.15, 0.2) is 0 Å². The van der Waals surface area contributed by atoms with Crippen LogP contribution in [0.2, 0.25) is 0 Å². The Hall–Kier alpha value is -3.93. The molecule has 4 heterocycles. The van der Waals surface area contributed by atoms with Crippen molar-refractivity contribution in [1.29, 1.82) is 0 Å². The molecule has 148 valence electrons. The SMILES string of the molecule is C=C(CCC)Nc1cncc(-c2ccc3[nH]nc(-c4cc5cnccc5[nH]4)c3c2)c1. The van der Waals surface area contributed by atoms with Gasteiger partial charge >= 0.3 is 0 Å². The Kier molecular flexibility index (Phi) is 4.52. The number of pyridine rings is 2. The Morgan fingerprint density at radius 2 is 1.93 bits per heavy atom. The lowest BCUT2D eigenvalue weighted by Crippen LogP contribution is -1.98. The molecular weight excluding hydrogens is 372 g/mol. The quantitative estimate of drug-likeness (QED) is 0.335. The monoisotopic (exact) mass is 394 g/mol. The van der Waals surface area contributed by atoms with Crippen LogP contribution in [-0.2, 0) is 0 Å². The van der Waals surface area contributed by atoms with Crippen molar-refractivity contribution >= 4 is 27.5 Å². The summed E-state index contributed by atoms with van der Waals surface area (Å²) in [6.45, 7) is 6.22. The number of nitrogens with zero attached hydrogens (tertiary/aromatic N) is 3. The molecular formula is C24H22N6. The summed E-state index contributed by atoms with van der Waals surface area (Å²) < 4.78 is 0. The van der Waals surface area contributed by atoms with E-state index in [1.807, 2.05) is 24.7 Å². The highest BCUT2D eigenvalue weighted by atomic mass is 15.1. The Labute approximate surface area is 174 Å². The number of nitrogens with one attached hydrogen (secondary N) is 3. The minimum Gasteiger partial charge on any atom is -0.358 e. The number of fused-ring (bicyclic) bond motifs is 2. The van der Waals surface area contributed by atoms with Crippen LogP contribution in [0, 0.1) is 0 Å². The highest BCUT2D eigenvalue weighted by Gasteiger charge is 2.12. The normalized spacial score (nSPS) is 11.2. The number of aromatic amines is 2. The molecule has 4 aromatic heterocycles. The first-order chi connectivity index (χ1) is 14.7. The number of hydrogen-bond donors (Lipinski definition) is 3. The average Bonchev–Trinajstić information content (AvgIpc) is 3.37. The second-order valence-electron chi connectivity index (χ2n) is 7.42. The van der Waals surface area contributed by atoms with Crippen LogP contribution < -0.4 is 5.32 Å². The molecule has 0 fully saturated rings. The van der Waals surface area contributed by atoms with Gasteiger partial charge in [-0.15, -0.1) is 0 Å². The van der Waals surface area contributed by atoms with Crippen LogP contribution in [0.25, 0.3) is 44.3 Å². The number of anilines is 1. The number of benzene rings is 1. The van der Waals surface area contributed by atoms with Gasteiger partial charge in [0.05, 0.1) is 23.1 Å². The molecule has 6 heteroatoms. The van der Waals surface area contributed by atoms with E-state index < -0.39 is 0 Å². The lowest BCUT2D eigenvalue weighted by molar-refractivity contribution is 0.913. The van der Waals surface area contributed by atoms with Crippen LogP contribution in [0.3, 0.4) is 0 Å². The number of H-pyrrole nitrogens is 2. The van der Waals surface area contributed by atoms with Crippen molar-refractivity contribution in [3.8, 4) is 22.5 Å². The second-order valence-corrected chi connectivity index (χ2v) is 7.42. The first-order valence-electron chi connectivity index (χ1n) is 10.0. The largest absolute Gasteiger partial charge is 0.358 e. The molecule has 0 amide bonds. The summed E-state index contributed by atoms with van der Waals surface area (Å²) in [6, 6.07) is 12.4. The molecule has 0 bridgehead atoms. The molecule has 30 heavy (non-hydrogen) atoms. The van der Waals surface area contributed by atoms with Gasteiger partial charge in [-0.05, 0) is 42.3 Å². The fourth-order valence-electron chi connectivity index (χ4n) is 3.73. The van der Waals surface area contributed by atoms with Gasteiger partial charge in [-0.2, -0.15) is 5.10 Å². The summed E-state index contributed by atoms with van der Waals surface area (Å²) >= 11 is 0. The summed E-state index contributed by atoms with van der Waals surface area (Å²) in [5.41, 5.74) is 7.96. The van der Waals surface area contributed by atoms with Crippen molar-refractivity contribution in [3.63, 3.8) is 0 Å². The van der Waals surface area contributed by atoms with Crippen molar-refractivity contribution in [1.82, 2.24) is 25.1 Å². The lowest BCUT2D eigenvalue weighted by Gasteiger charge is -2.10. The molecule has 0 aliphatic rings. The first kappa shape index (κ1) is 18.1. The Balaban J connectivity index is 1.54. The van der Waals surface area contributed by atoms with E-state index in [0.29, 0.717) is 0 Å². The molecule has 0 atom stereocenters. The highest BCUT2D eigenvalue weighted by Crippen LogP contribution is 2.32. The smallest absolute Gasteiger partial charge is 0.116 e. The third kappa shape index (κ3) is 3.33. The van der Waals surface area contributed by atoms with Crippen molar-refractivity contribution in [3.05, 3.63) is 73.5 Å². The first-order valence-corrected chi connectivity index (χ1v) is 10.0. The molecule has 5 rings (SSSR count). The van der Waals surface area contributed by atoms with Gasteiger partial charge in [0, 0.05) is 46.1 Å². The standard InChI is InChI=1S/C24H22N6/c1-3-4-15(2)27-19-9-17(12-26-14-19)16-5-6-22-20(10-16)24(30-29-22)23-11-18-13-25-8-7-21(18)28-23/h5-14,27-28H,2-4H2,1H3,(H,29,30). The predicted molar refractivity (Wildman–Crippen MR) is 122 cm³/mol. The summed E-state index contributed by atoms with van der Waals surface area (Å²) in [7, 11) is 0. The van der Waals surface area contributed by atoms with Crippen LogP contribution in [0.4, 0.5) is 5.69 Å². The maximum Gasteiger partial charge on any atom is 0.116 e. The fourth-order valence-corrected chi connectivity index (χ4v) is 3.73. The topological polar surface area (TPSA) is 82.3 Å². The summed E-state index contributed by atoms with van der Waals surface area (Å²) in [5, 5.41) is 13.2. The van der Waals surface area contributed by atoms with E-state index in [4.69, 9.17) is 0 Å². The third-order valence-corrected chi connectivity index (χ3v) is 5.18. The molecule has 0 saturated carbocycles. The van der Waals surface area contributed by atoms with Crippen LogP contribution >= 0.6 is 0 Å². The lowest BCUT2D eigenvalue weighted by atomic mass is 10.0. The maximum atomic E-state index is 4.56. The molecule has 3 N–H and O–H groups in total. The molecule has 0 radical (unpaired) electrons. The van der Waals surface area contributed by atoms with Crippen molar-refractivity contribution in [2.75, 3.05) is 5.32 Å². The number of rotatable bonds is 6. The van der Waals surface area contributed by atoms with Crippen LogP contribution in [0.5, 0.6) is 0 Å². The van der Waals surface area contributed by atoms with Crippen molar-refractivity contribution in [2.24, 2.45) is 0 Å². The predicted octanol–water partition coefficient (Wildman–Crippen LogP) is 5.89. The fraction of sp³-hybridized carbons (Fsp3) is 0.125. The van der Waals surface area contributed by atoms with Crippen LogP contribution in [-0.4, -0.2) is 25.1 Å². The van der Waals surface area contributed by atoms with Crippen molar-refractivity contribution < 1.29 is 0 Å². The molecule has 0 aliphatic heterocycles. The maximum absolute atomic E-state index is 4.56. The molecule has 6 nitrogen and oxygen atoms in total. The van der Waals surface area contributed by atoms with Gasteiger partial charge < -0.3 is 10.3 Å². The van der Waals surface area contributed by atoms with E-state index in [1.165, 1.54) is 0 Å². The summed E-state index contributed by atoms with van der Waals surface area (Å²) in [4.78, 5) is 12.0. The summed E-state index contributed by atoms with van der Waals surface area (Å²) in [5.74, 6) is 0. The highest BCUT2D eigenvalue weighted by molar-refractivity contribution is 5.97. The van der Waals surface area contributed by atoms with Gasteiger partial charge in [0.1, 0.15) is 5.69 Å². The zero-order chi connectivity index (χ0) is 20.5. The molecule has 0 aliphatic carbocycles. The molecule has 0 spiro atoms. The van der Waals surface area contributed by atoms with E-state index in [9.17, 15) is 0 Å². The Morgan fingerprint density at radius 3 is 2.80 bits per heavy atom. The van der Waals surface area contributed by atoms with Crippen molar-refractivity contribution in [2.45, 2.75) is 19.8 Å². The van der Waals surface area contributed by atoms with Gasteiger partial charge in [0.2, 0.25) is 0 Å². The minimum atomic E-state index is 0.890. The van der Waals surface area contributed by atoms with E-state index >= 15 is 0 Å². The third-order valence-electron chi connectivity index (χ3n) is 5.18. The summed E-state index contributed by atoms with van der Waals surface area (Å²) in [6.07, 6.45) is 9.34. The zero-order valence-corrected chi connectivity index (χ0v) is 16.7. The zero-order valence-electron chi connectivity index (χ0n) is 16.7. The molecule has 0 saturated heterocycles. The van der Waals surface area contributed by atoms with Crippen LogP contribution in [0.1, 0.15) is 19.8 Å². The molecule has 1 aromatic carbocycles. The van der Waals surface area contributed by atoms with Gasteiger partial charge in [0.25, 0.3) is 0 Å². The van der Waals surface area contributed by atoms with Crippen LogP contribution in [0.15, 0.2) is 73.5 Å². The average molecular weight is 394 g/mol.